The fraction of sp³-hybridized carbons (Fsp3) is 1.00. The second kappa shape index (κ2) is 11.2. The number of thiol groups is 1. The Kier molecular flexibility index (Phi) is 11.4. The molecule has 4 nitrogen and oxygen atoms in total. The number of rotatable bonds is 9. The molecular weight excluding hydrogens is 180 g/mol. The van der Waals surface area contributed by atoms with Gasteiger partial charge in [0.25, 0.3) is 0 Å². The first-order valence-corrected chi connectivity index (χ1v) is 4.19. The maximum atomic E-state index is 5.14. The summed E-state index contributed by atoms with van der Waals surface area (Å²) >= 11 is 3.56. The first kappa shape index (κ1) is 12.2. The van der Waals surface area contributed by atoms with Crippen LogP contribution in [-0.2, 0) is 18.4 Å². The van der Waals surface area contributed by atoms with E-state index in [0.29, 0.717) is 39.6 Å². The monoisotopic (exact) mass is 196 g/mol. The molecule has 0 spiro atoms. The molecule has 0 aromatic heterocycles. The van der Waals surface area contributed by atoms with E-state index in [0.717, 1.165) is 0 Å². The summed E-state index contributed by atoms with van der Waals surface area (Å²) in [6.45, 7) is 3.47. The Labute approximate surface area is 78.7 Å². The molecule has 0 bridgehead atoms. The van der Waals surface area contributed by atoms with Crippen LogP contribution in [0.15, 0.2) is 0 Å². The van der Waals surface area contributed by atoms with Crippen molar-refractivity contribution < 1.29 is 18.4 Å². The molecule has 5 heteroatoms. The van der Waals surface area contributed by atoms with Crippen molar-refractivity contribution in [3.8, 4) is 0 Å². The van der Waals surface area contributed by atoms with Crippen LogP contribution in [0.5, 0.6) is 0 Å². The smallest absolute Gasteiger partial charge is 0.0844 e. The Morgan fingerprint density at radius 2 is 1.33 bits per heavy atom. The average molecular weight is 196 g/mol. The van der Waals surface area contributed by atoms with Crippen LogP contribution in [0.1, 0.15) is 0 Å². The van der Waals surface area contributed by atoms with Crippen molar-refractivity contribution in [3.63, 3.8) is 0 Å². The zero-order chi connectivity index (χ0) is 9.07. The van der Waals surface area contributed by atoms with Crippen LogP contribution in [0.3, 0.4) is 0 Å². The molecule has 0 saturated carbocycles. The number of hydrogen-bond acceptors (Lipinski definition) is 5. The maximum Gasteiger partial charge on any atom is 0.0844 e. The van der Waals surface area contributed by atoms with Gasteiger partial charge in [-0.15, -0.1) is 0 Å². The lowest BCUT2D eigenvalue weighted by Crippen LogP contribution is -2.10. The normalized spacial score (nSPS) is 10.5. The predicted molar refractivity (Wildman–Crippen MR) is 48.5 cm³/mol. The van der Waals surface area contributed by atoms with Crippen molar-refractivity contribution in [2.75, 3.05) is 46.8 Å². The van der Waals surface area contributed by atoms with E-state index in [2.05, 4.69) is 17.1 Å². The molecule has 0 aliphatic heterocycles. The highest BCUT2D eigenvalue weighted by Gasteiger charge is 1.89. The molecule has 74 valence electrons. The number of hydrogen-bond donors (Lipinski definition) is 1. The summed E-state index contributed by atoms with van der Waals surface area (Å²) in [6, 6.07) is 0. The highest BCUT2D eigenvalue weighted by molar-refractivity contribution is 7.75. The minimum atomic E-state index is 0.501. The Morgan fingerprint density at radius 3 is 1.83 bits per heavy atom. The van der Waals surface area contributed by atoms with Gasteiger partial charge in [0.2, 0.25) is 0 Å². The van der Waals surface area contributed by atoms with Crippen molar-refractivity contribution in [3.05, 3.63) is 0 Å². The molecule has 0 radical (unpaired) electrons. The lowest BCUT2D eigenvalue weighted by atomic mass is 10.7. The SMILES string of the molecule is COCCOCCOCCOS. The van der Waals surface area contributed by atoms with Crippen LogP contribution in [0, 0.1) is 0 Å². The van der Waals surface area contributed by atoms with E-state index in [-0.39, 0.29) is 0 Å². The van der Waals surface area contributed by atoms with Crippen molar-refractivity contribution in [1.82, 2.24) is 0 Å². The van der Waals surface area contributed by atoms with Gasteiger partial charge in [0.15, 0.2) is 0 Å². The zero-order valence-corrected chi connectivity index (χ0v) is 8.22. The average Bonchev–Trinajstić information content (AvgIpc) is 2.10. The second-order valence-electron chi connectivity index (χ2n) is 2.05. The maximum absolute atomic E-state index is 5.14. The van der Waals surface area contributed by atoms with E-state index in [1.165, 1.54) is 0 Å². The lowest BCUT2D eigenvalue weighted by molar-refractivity contribution is 0.0195. The molecule has 0 rings (SSSR count). The fourth-order valence-corrected chi connectivity index (χ4v) is 0.635. The summed E-state index contributed by atoms with van der Waals surface area (Å²) in [4.78, 5) is 0. The summed E-state index contributed by atoms with van der Waals surface area (Å²) in [5, 5.41) is 0. The largest absolute Gasteiger partial charge is 0.382 e. The van der Waals surface area contributed by atoms with E-state index >= 15 is 0 Å². The quantitative estimate of drug-likeness (QED) is 0.331. The standard InChI is InChI=1S/C7H16O4S/c1-8-2-3-9-4-5-10-6-7-11-12/h12H,2-7H2,1H3. The minimum absolute atomic E-state index is 0.501. The Balaban J connectivity index is 2.73. The van der Waals surface area contributed by atoms with Crippen LogP contribution in [0.4, 0.5) is 0 Å². The van der Waals surface area contributed by atoms with Crippen LogP contribution < -0.4 is 0 Å². The third-order valence-electron chi connectivity index (χ3n) is 1.12. The van der Waals surface area contributed by atoms with Gasteiger partial charge in [0.05, 0.1) is 39.6 Å². The fourth-order valence-electron chi connectivity index (χ4n) is 0.560. The molecule has 0 fully saturated rings. The van der Waals surface area contributed by atoms with Crippen molar-refractivity contribution in [2.45, 2.75) is 0 Å². The van der Waals surface area contributed by atoms with Gasteiger partial charge < -0.3 is 18.4 Å². The Bertz CT molecular complexity index is 71.8. The summed E-state index contributed by atoms with van der Waals surface area (Å²) in [6.07, 6.45) is 0. The molecule has 12 heavy (non-hydrogen) atoms. The molecule has 0 aliphatic carbocycles. The molecule has 0 unspecified atom stereocenters. The third-order valence-corrected chi connectivity index (χ3v) is 1.31. The summed E-state index contributed by atoms with van der Waals surface area (Å²) in [7, 11) is 1.64. The van der Waals surface area contributed by atoms with Gasteiger partial charge in [0.1, 0.15) is 0 Å². The second-order valence-corrected chi connectivity index (χ2v) is 2.31. The van der Waals surface area contributed by atoms with Crippen LogP contribution in [0.2, 0.25) is 0 Å². The first-order chi connectivity index (χ1) is 5.91. The highest BCUT2D eigenvalue weighted by atomic mass is 32.1. The number of ether oxygens (including phenoxy) is 3. The van der Waals surface area contributed by atoms with Gasteiger partial charge in [0, 0.05) is 7.11 Å². The Hall–Kier alpha value is 0.190. The van der Waals surface area contributed by atoms with Gasteiger partial charge >= 0.3 is 0 Å². The van der Waals surface area contributed by atoms with Gasteiger partial charge in [-0.25, -0.2) is 0 Å². The molecule has 0 N–H and O–H groups in total. The zero-order valence-electron chi connectivity index (χ0n) is 7.32. The molecule has 0 aromatic rings. The van der Waals surface area contributed by atoms with E-state index in [1.807, 2.05) is 0 Å². The van der Waals surface area contributed by atoms with Crippen molar-refractivity contribution in [2.24, 2.45) is 0 Å². The summed E-state index contributed by atoms with van der Waals surface area (Å²) < 4.78 is 19.5. The van der Waals surface area contributed by atoms with Crippen molar-refractivity contribution >= 4 is 12.9 Å². The predicted octanol–water partition coefficient (Wildman–Crippen LogP) is 0.527. The van der Waals surface area contributed by atoms with E-state index in [9.17, 15) is 0 Å². The van der Waals surface area contributed by atoms with E-state index in [4.69, 9.17) is 14.2 Å². The molecule has 0 aromatic carbocycles. The minimum Gasteiger partial charge on any atom is -0.382 e. The van der Waals surface area contributed by atoms with Crippen LogP contribution in [0.25, 0.3) is 0 Å². The van der Waals surface area contributed by atoms with E-state index in [1.54, 1.807) is 7.11 Å². The third kappa shape index (κ3) is 10.2. The highest BCUT2D eigenvalue weighted by Crippen LogP contribution is 1.82. The molecule has 0 atom stereocenters. The van der Waals surface area contributed by atoms with Gasteiger partial charge in [-0.3, -0.25) is 0 Å². The van der Waals surface area contributed by atoms with Gasteiger partial charge in [-0.2, -0.15) is 0 Å². The van der Waals surface area contributed by atoms with Crippen LogP contribution >= 0.6 is 12.9 Å². The summed E-state index contributed by atoms with van der Waals surface area (Å²) in [5.74, 6) is 0. The first-order valence-electron chi connectivity index (χ1n) is 3.82. The molecule has 0 amide bonds. The lowest BCUT2D eigenvalue weighted by Gasteiger charge is -2.04. The molecule has 0 saturated heterocycles. The topological polar surface area (TPSA) is 36.9 Å². The van der Waals surface area contributed by atoms with Crippen LogP contribution in [-0.4, -0.2) is 46.8 Å². The Morgan fingerprint density at radius 1 is 0.833 bits per heavy atom. The van der Waals surface area contributed by atoms with Gasteiger partial charge in [-0.05, 0) is 12.9 Å². The van der Waals surface area contributed by atoms with Crippen molar-refractivity contribution in [1.29, 1.82) is 0 Å². The van der Waals surface area contributed by atoms with E-state index < -0.39 is 0 Å². The number of methoxy groups -OCH3 is 1. The molecule has 0 aliphatic rings. The molecule has 0 heterocycles. The molecular formula is C7H16O4S. The summed E-state index contributed by atoms with van der Waals surface area (Å²) in [5.41, 5.74) is 0. The van der Waals surface area contributed by atoms with Gasteiger partial charge in [-0.1, -0.05) is 0 Å².